The van der Waals surface area contributed by atoms with Crippen LogP contribution in [0.25, 0.3) is 0 Å². The predicted octanol–water partition coefficient (Wildman–Crippen LogP) is 0.869. The Balaban J connectivity index is 2.45. The number of rotatable bonds is 0. The molecule has 0 aliphatic carbocycles. The minimum atomic E-state index is 0.546. The van der Waals surface area contributed by atoms with Crippen molar-refractivity contribution in [1.82, 2.24) is 10.3 Å². The minimum Gasteiger partial charge on any atom is -0.692 e. The van der Waals surface area contributed by atoms with Gasteiger partial charge in [0.25, 0.3) is 0 Å². The predicted molar refractivity (Wildman–Crippen MR) is 49.2 cm³/mol. The summed E-state index contributed by atoms with van der Waals surface area (Å²) in [5.74, 6) is 0.649. The van der Waals surface area contributed by atoms with Crippen LogP contribution in [0.4, 0.5) is 0 Å². The minimum absolute atomic E-state index is 0.546. The molecule has 2 heterocycles. The lowest BCUT2D eigenvalue weighted by Crippen LogP contribution is -2.28. The van der Waals surface area contributed by atoms with Gasteiger partial charge in [0.2, 0.25) is 0 Å². The second-order valence-electron chi connectivity index (χ2n) is 2.66. The molecule has 0 spiro atoms. The van der Waals surface area contributed by atoms with Crippen LogP contribution >= 0.6 is 15.9 Å². The third-order valence-electron chi connectivity index (χ3n) is 1.99. The Morgan fingerprint density at radius 3 is 3.17 bits per heavy atom. The highest BCUT2D eigenvalue weighted by molar-refractivity contribution is 9.11. The van der Waals surface area contributed by atoms with Gasteiger partial charge in [0.15, 0.2) is 6.67 Å². The largest absolute Gasteiger partial charge is 0.692 e. The summed E-state index contributed by atoms with van der Waals surface area (Å²) in [4.78, 5) is 2.69. The third-order valence-corrected chi connectivity index (χ3v) is 2.82. The van der Waals surface area contributed by atoms with E-state index < -0.39 is 0 Å². The molecule has 4 nitrogen and oxygen atoms in total. The van der Waals surface area contributed by atoms with E-state index in [9.17, 15) is 5.21 Å². The maximum absolute atomic E-state index is 11.1. The number of hydrogen-bond acceptors (Lipinski definition) is 3. The number of amidine groups is 1. The van der Waals surface area contributed by atoms with E-state index in [4.69, 9.17) is 0 Å². The van der Waals surface area contributed by atoms with E-state index in [1.807, 2.05) is 17.9 Å². The Labute approximate surface area is 78.5 Å². The molecule has 2 aliphatic rings. The lowest BCUT2D eigenvalue weighted by atomic mass is 10.2. The summed E-state index contributed by atoms with van der Waals surface area (Å²) >= 11 is 3.40. The molecular weight excluding hydrogens is 222 g/mol. The van der Waals surface area contributed by atoms with E-state index >= 15 is 0 Å². The van der Waals surface area contributed by atoms with Gasteiger partial charge in [0.1, 0.15) is 5.70 Å². The summed E-state index contributed by atoms with van der Waals surface area (Å²) in [6.45, 7) is 2.51. The molecule has 64 valence electrons. The monoisotopic (exact) mass is 229 g/mol. The fourth-order valence-electron chi connectivity index (χ4n) is 1.25. The number of allylic oxidation sites excluding steroid dienone is 3. The van der Waals surface area contributed by atoms with Gasteiger partial charge in [0.05, 0.1) is 4.48 Å². The molecule has 0 aromatic carbocycles. The second kappa shape index (κ2) is 2.52. The highest BCUT2D eigenvalue weighted by atomic mass is 79.9. The zero-order valence-corrected chi connectivity index (χ0v) is 8.13. The van der Waals surface area contributed by atoms with Gasteiger partial charge in [-0.25, -0.2) is 10.3 Å². The molecule has 0 aromatic rings. The fourth-order valence-corrected chi connectivity index (χ4v) is 1.60. The van der Waals surface area contributed by atoms with Crippen molar-refractivity contribution in [1.29, 1.82) is 0 Å². The summed E-state index contributed by atoms with van der Waals surface area (Å²) in [5.41, 5.74) is 3.73. The average Bonchev–Trinajstić information content (AvgIpc) is 2.41. The molecule has 12 heavy (non-hydrogen) atoms. The quantitative estimate of drug-likeness (QED) is 0.495. The molecule has 0 atom stereocenters. The van der Waals surface area contributed by atoms with Crippen molar-refractivity contribution in [2.45, 2.75) is 6.92 Å². The van der Waals surface area contributed by atoms with Crippen molar-refractivity contribution in [2.75, 3.05) is 6.67 Å². The molecule has 0 radical (unpaired) electrons. The van der Waals surface area contributed by atoms with E-state index in [0.717, 1.165) is 15.0 Å². The van der Waals surface area contributed by atoms with Gasteiger partial charge in [0, 0.05) is 6.08 Å². The topological polar surface area (TPSA) is 41.3 Å². The standard InChI is InChI=1S/C7H8BrN3O/c1-5-6(8)2-3-7-10(5)4-9-11(7)12/h2-3,9H,4H2,1H3. The van der Waals surface area contributed by atoms with Crippen LogP contribution in [0.2, 0.25) is 0 Å². The molecule has 2 aliphatic heterocycles. The second-order valence-corrected chi connectivity index (χ2v) is 3.52. The Morgan fingerprint density at radius 1 is 1.67 bits per heavy atom. The summed E-state index contributed by atoms with van der Waals surface area (Å²) in [7, 11) is 0. The normalized spacial score (nSPS) is 21.7. The first-order chi connectivity index (χ1) is 5.70. The number of nitrogens with zero attached hydrogens (tertiary/aromatic N) is 2. The molecule has 0 bridgehead atoms. The van der Waals surface area contributed by atoms with Gasteiger partial charge in [-0.05, 0) is 28.9 Å². The van der Waals surface area contributed by atoms with Crippen molar-refractivity contribution >= 4 is 21.8 Å². The van der Waals surface area contributed by atoms with Crippen molar-refractivity contribution < 1.29 is 4.85 Å². The smallest absolute Gasteiger partial charge is 0.305 e. The molecular formula is C7H8BrN3O. The Morgan fingerprint density at radius 2 is 2.42 bits per heavy atom. The number of nitrogens with one attached hydrogen (secondary N) is 1. The zero-order chi connectivity index (χ0) is 8.72. The van der Waals surface area contributed by atoms with E-state index in [2.05, 4.69) is 21.4 Å². The van der Waals surface area contributed by atoms with Gasteiger partial charge in [-0.15, -0.1) is 0 Å². The zero-order valence-electron chi connectivity index (χ0n) is 6.54. The summed E-state index contributed by atoms with van der Waals surface area (Å²) in [6, 6.07) is 0. The average molecular weight is 230 g/mol. The first kappa shape index (κ1) is 7.67. The fraction of sp³-hybridized carbons (Fsp3) is 0.286. The van der Waals surface area contributed by atoms with Crippen LogP contribution in [0, 0.1) is 5.21 Å². The third kappa shape index (κ3) is 0.929. The Bertz CT molecular complexity index is 319. The van der Waals surface area contributed by atoms with Gasteiger partial charge in [-0.1, -0.05) is 0 Å². The lowest BCUT2D eigenvalue weighted by Gasteiger charge is -2.14. The van der Waals surface area contributed by atoms with Gasteiger partial charge in [-0.2, -0.15) is 4.85 Å². The van der Waals surface area contributed by atoms with Gasteiger partial charge in [-0.3, -0.25) is 0 Å². The summed E-state index contributed by atoms with van der Waals surface area (Å²) in [6.07, 6.45) is 3.66. The van der Waals surface area contributed by atoms with Crippen LogP contribution in [0.1, 0.15) is 6.92 Å². The van der Waals surface area contributed by atoms with Gasteiger partial charge < -0.3 is 5.21 Å². The van der Waals surface area contributed by atoms with Gasteiger partial charge >= 0.3 is 5.84 Å². The highest BCUT2D eigenvalue weighted by Crippen LogP contribution is 2.23. The van der Waals surface area contributed by atoms with Crippen molar-refractivity contribution in [3.05, 3.63) is 27.5 Å². The molecule has 2 rings (SSSR count). The van der Waals surface area contributed by atoms with Crippen molar-refractivity contribution in [3.8, 4) is 0 Å². The van der Waals surface area contributed by atoms with Crippen LogP contribution < -0.4 is 5.43 Å². The summed E-state index contributed by atoms with van der Waals surface area (Å²) < 4.78 is 1.02. The molecule has 0 unspecified atom stereocenters. The van der Waals surface area contributed by atoms with E-state index in [1.165, 1.54) is 0 Å². The molecule has 5 heteroatoms. The number of hydrazine groups is 1. The van der Waals surface area contributed by atoms with Crippen LogP contribution in [0.15, 0.2) is 22.3 Å². The Hall–Kier alpha value is -0.970. The number of hydrogen-bond donors (Lipinski definition) is 1. The van der Waals surface area contributed by atoms with E-state index in [-0.39, 0.29) is 0 Å². The van der Waals surface area contributed by atoms with E-state index in [0.29, 0.717) is 12.5 Å². The maximum atomic E-state index is 11.1. The molecule has 0 saturated carbocycles. The molecule has 0 fully saturated rings. The number of halogens is 1. The lowest BCUT2D eigenvalue weighted by molar-refractivity contribution is -0.512. The van der Waals surface area contributed by atoms with Crippen LogP contribution in [0.5, 0.6) is 0 Å². The highest BCUT2D eigenvalue weighted by Gasteiger charge is 2.30. The first-order valence-electron chi connectivity index (χ1n) is 3.60. The number of fused-ring (bicyclic) bond motifs is 1. The maximum Gasteiger partial charge on any atom is 0.305 e. The van der Waals surface area contributed by atoms with E-state index in [1.54, 1.807) is 6.08 Å². The van der Waals surface area contributed by atoms with Crippen LogP contribution in [0.3, 0.4) is 0 Å². The Kier molecular flexibility index (Phi) is 1.61. The van der Waals surface area contributed by atoms with Crippen molar-refractivity contribution in [3.63, 3.8) is 0 Å². The first-order valence-corrected chi connectivity index (χ1v) is 4.39. The molecule has 0 amide bonds. The van der Waals surface area contributed by atoms with Crippen LogP contribution in [-0.2, 0) is 0 Å². The SMILES string of the molecule is CC1=C(Br)C=CC2=[N+]([O-])NCN12. The number of hydrazone groups is 1. The van der Waals surface area contributed by atoms with Crippen molar-refractivity contribution in [2.24, 2.45) is 0 Å². The molecule has 1 N–H and O–H groups in total. The molecule has 0 aromatic heterocycles. The van der Waals surface area contributed by atoms with Crippen LogP contribution in [-0.4, -0.2) is 22.3 Å². The molecule has 0 saturated heterocycles. The summed E-state index contributed by atoms with van der Waals surface area (Å²) in [5, 5.41) is 11.1.